The third-order valence-electron chi connectivity index (χ3n) is 2.97. The molecular formula is C12H8Cl2O8S3. The van der Waals surface area contributed by atoms with E-state index in [1.807, 2.05) is 0 Å². The van der Waals surface area contributed by atoms with Gasteiger partial charge in [0.2, 0.25) is 9.84 Å². The molecule has 0 aliphatic heterocycles. The lowest BCUT2D eigenvalue weighted by molar-refractivity contribution is 0.480. The average Bonchev–Trinajstić information content (AvgIpc) is 2.45. The summed E-state index contributed by atoms with van der Waals surface area (Å²) >= 11 is 11.2. The Labute approximate surface area is 153 Å². The number of hydrogen-bond donors (Lipinski definition) is 2. The fraction of sp³-hybridized carbons (Fsp3) is 0. The van der Waals surface area contributed by atoms with Crippen molar-refractivity contribution in [3.8, 4) is 0 Å². The van der Waals surface area contributed by atoms with Gasteiger partial charge in [-0.2, -0.15) is 16.8 Å². The normalized spacial score (nSPS) is 13.0. The molecule has 13 heteroatoms. The van der Waals surface area contributed by atoms with E-state index in [-0.39, 0.29) is 9.92 Å². The van der Waals surface area contributed by atoms with Crippen molar-refractivity contribution in [3.05, 3.63) is 46.4 Å². The first kappa shape index (κ1) is 20.1. The number of halogens is 2. The van der Waals surface area contributed by atoms with E-state index in [1.54, 1.807) is 0 Å². The van der Waals surface area contributed by atoms with E-state index in [4.69, 9.17) is 32.3 Å². The van der Waals surface area contributed by atoms with Gasteiger partial charge in [0.25, 0.3) is 20.2 Å². The fourth-order valence-corrected chi connectivity index (χ4v) is 5.40. The zero-order chi connectivity index (χ0) is 19.2. The van der Waals surface area contributed by atoms with Crippen LogP contribution in [0.4, 0.5) is 0 Å². The summed E-state index contributed by atoms with van der Waals surface area (Å²) in [5.74, 6) is 0. The molecule has 0 fully saturated rings. The van der Waals surface area contributed by atoms with E-state index in [9.17, 15) is 25.3 Å². The largest absolute Gasteiger partial charge is 0.296 e. The fourth-order valence-electron chi connectivity index (χ4n) is 1.83. The molecule has 0 aliphatic rings. The molecule has 0 atom stereocenters. The van der Waals surface area contributed by atoms with Gasteiger partial charge in [-0.1, -0.05) is 23.2 Å². The molecule has 2 rings (SSSR count). The van der Waals surface area contributed by atoms with Crippen LogP contribution in [-0.4, -0.2) is 34.4 Å². The molecule has 0 saturated heterocycles. The summed E-state index contributed by atoms with van der Waals surface area (Å²) in [5, 5.41) is -0.813. The predicted molar refractivity (Wildman–Crippen MR) is 88.0 cm³/mol. The number of benzene rings is 2. The van der Waals surface area contributed by atoms with Crippen molar-refractivity contribution in [2.24, 2.45) is 0 Å². The summed E-state index contributed by atoms with van der Waals surface area (Å²) in [7, 11) is -14.6. The van der Waals surface area contributed by atoms with Gasteiger partial charge in [0.05, 0.1) is 14.8 Å². The van der Waals surface area contributed by atoms with Crippen molar-refractivity contribution in [1.29, 1.82) is 0 Å². The standard InChI is InChI=1S/C12H8Cl2O8S3/c13-7-1-3-8(4-2-7)23(15,16)9-5-10(24(17,18)19)12(14)11(6-9)25(20,21)22/h1-6H,(H,17,18,19)(H,20,21,22). The molecule has 0 spiro atoms. The highest BCUT2D eigenvalue weighted by atomic mass is 35.5. The van der Waals surface area contributed by atoms with Gasteiger partial charge in [-0.05, 0) is 36.4 Å². The molecule has 136 valence electrons. The molecule has 0 aromatic heterocycles. The molecule has 0 radical (unpaired) electrons. The van der Waals surface area contributed by atoms with Crippen LogP contribution in [-0.2, 0) is 30.1 Å². The highest BCUT2D eigenvalue weighted by Crippen LogP contribution is 2.34. The lowest BCUT2D eigenvalue weighted by atomic mass is 10.3. The van der Waals surface area contributed by atoms with Gasteiger partial charge < -0.3 is 0 Å². The van der Waals surface area contributed by atoms with Crippen molar-refractivity contribution in [2.45, 2.75) is 19.6 Å². The first-order valence-corrected chi connectivity index (χ1v) is 11.2. The van der Waals surface area contributed by atoms with E-state index in [0.29, 0.717) is 12.1 Å². The Kier molecular flexibility index (Phi) is 5.23. The highest BCUT2D eigenvalue weighted by molar-refractivity contribution is 7.91. The van der Waals surface area contributed by atoms with Crippen molar-refractivity contribution in [1.82, 2.24) is 0 Å². The molecule has 0 heterocycles. The van der Waals surface area contributed by atoms with Gasteiger partial charge in [-0.15, -0.1) is 0 Å². The second kappa shape index (κ2) is 6.50. The van der Waals surface area contributed by atoms with Gasteiger partial charge in [-0.3, -0.25) is 9.11 Å². The summed E-state index contributed by atoms with van der Waals surface area (Å²) in [6.07, 6.45) is 0. The molecule has 0 aliphatic carbocycles. The van der Waals surface area contributed by atoms with Gasteiger partial charge in [0, 0.05) is 5.02 Å². The van der Waals surface area contributed by atoms with Crippen LogP contribution in [0.2, 0.25) is 10.0 Å². The van der Waals surface area contributed by atoms with Crippen LogP contribution in [0.15, 0.2) is 56.0 Å². The smallest absolute Gasteiger partial charge is 0.282 e. The zero-order valence-electron chi connectivity index (χ0n) is 11.8. The van der Waals surface area contributed by atoms with Crippen molar-refractivity contribution < 1.29 is 34.4 Å². The summed E-state index contributed by atoms with van der Waals surface area (Å²) in [5.41, 5.74) is 0. The van der Waals surface area contributed by atoms with Crippen LogP contribution in [0.1, 0.15) is 0 Å². The van der Waals surface area contributed by atoms with Crippen LogP contribution in [0.25, 0.3) is 0 Å². The van der Waals surface area contributed by atoms with Crippen molar-refractivity contribution >= 4 is 53.3 Å². The predicted octanol–water partition coefficient (Wildman–Crippen LogP) is 2.32. The average molecular weight is 447 g/mol. The maximum absolute atomic E-state index is 12.6. The van der Waals surface area contributed by atoms with Gasteiger partial charge in [0.15, 0.2) is 0 Å². The molecule has 0 bridgehead atoms. The number of rotatable bonds is 4. The first-order chi connectivity index (χ1) is 11.2. The van der Waals surface area contributed by atoms with Gasteiger partial charge >= 0.3 is 0 Å². The van der Waals surface area contributed by atoms with Crippen molar-refractivity contribution in [3.63, 3.8) is 0 Å². The molecule has 2 aromatic rings. The second-order valence-electron chi connectivity index (χ2n) is 4.64. The molecule has 2 N–H and O–H groups in total. The Bertz CT molecular complexity index is 1100. The molecule has 0 unspecified atom stereocenters. The van der Waals surface area contributed by atoms with Crippen LogP contribution < -0.4 is 0 Å². The maximum atomic E-state index is 12.6. The quantitative estimate of drug-likeness (QED) is 0.680. The lowest BCUT2D eigenvalue weighted by Gasteiger charge is -2.10. The van der Waals surface area contributed by atoms with Crippen LogP contribution in [0, 0.1) is 0 Å². The zero-order valence-corrected chi connectivity index (χ0v) is 15.8. The van der Waals surface area contributed by atoms with Crippen LogP contribution in [0.3, 0.4) is 0 Å². The second-order valence-corrected chi connectivity index (χ2v) is 10.2. The number of hydrogen-bond acceptors (Lipinski definition) is 6. The summed E-state index contributed by atoms with van der Waals surface area (Å²) in [6.45, 7) is 0. The topological polar surface area (TPSA) is 143 Å². The summed E-state index contributed by atoms with van der Waals surface area (Å²) in [4.78, 5) is -3.52. The minimum atomic E-state index is -5.08. The Hall–Kier alpha value is -1.21. The minimum Gasteiger partial charge on any atom is -0.282 e. The Balaban J connectivity index is 2.89. The summed E-state index contributed by atoms with van der Waals surface area (Å²) in [6, 6.07) is 5.67. The van der Waals surface area contributed by atoms with Crippen molar-refractivity contribution in [2.75, 3.05) is 0 Å². The monoisotopic (exact) mass is 446 g/mol. The third-order valence-corrected chi connectivity index (χ3v) is 7.36. The summed E-state index contributed by atoms with van der Waals surface area (Å²) < 4.78 is 89.0. The Morgan fingerprint density at radius 3 is 1.44 bits per heavy atom. The Morgan fingerprint density at radius 2 is 1.08 bits per heavy atom. The van der Waals surface area contributed by atoms with E-state index >= 15 is 0 Å². The minimum absolute atomic E-state index is 0.229. The SMILES string of the molecule is O=S(=O)(O)c1cc(S(=O)(=O)c2ccc(Cl)cc2)cc(S(=O)(=O)O)c1Cl. The van der Waals surface area contributed by atoms with E-state index in [1.165, 1.54) is 12.1 Å². The van der Waals surface area contributed by atoms with Crippen LogP contribution >= 0.6 is 23.2 Å². The van der Waals surface area contributed by atoms with E-state index in [2.05, 4.69) is 0 Å². The Morgan fingerprint density at radius 1 is 0.680 bits per heavy atom. The van der Waals surface area contributed by atoms with Crippen LogP contribution in [0.5, 0.6) is 0 Å². The molecular weight excluding hydrogens is 439 g/mol. The third kappa shape index (κ3) is 4.14. The van der Waals surface area contributed by atoms with E-state index in [0.717, 1.165) is 12.1 Å². The molecule has 2 aromatic carbocycles. The molecule has 8 nitrogen and oxygen atoms in total. The van der Waals surface area contributed by atoms with E-state index < -0.39 is 49.8 Å². The highest BCUT2D eigenvalue weighted by Gasteiger charge is 2.29. The maximum Gasteiger partial charge on any atom is 0.296 e. The number of sulfone groups is 1. The van der Waals surface area contributed by atoms with Gasteiger partial charge in [0.1, 0.15) is 9.79 Å². The van der Waals surface area contributed by atoms with Gasteiger partial charge in [-0.25, -0.2) is 8.42 Å². The molecule has 0 saturated carbocycles. The molecule has 0 amide bonds. The lowest BCUT2D eigenvalue weighted by Crippen LogP contribution is -2.10. The molecule has 25 heavy (non-hydrogen) atoms. The first-order valence-electron chi connectivity index (χ1n) is 6.04.